The second kappa shape index (κ2) is 15.5. The van der Waals surface area contributed by atoms with Gasteiger partial charge in [0.05, 0.1) is 12.3 Å². The molecule has 2 N–H and O–H groups in total. The first-order valence-electron chi connectivity index (χ1n) is 16.2. The van der Waals surface area contributed by atoms with Crippen LogP contribution in [0.25, 0.3) is 11.1 Å². The van der Waals surface area contributed by atoms with Gasteiger partial charge in [0.2, 0.25) is 5.91 Å². The Morgan fingerprint density at radius 1 is 1.10 bits per heavy atom. The van der Waals surface area contributed by atoms with E-state index in [1.165, 1.54) is 14.0 Å². The largest absolute Gasteiger partial charge is 0.444 e. The van der Waals surface area contributed by atoms with Crippen LogP contribution in [0.4, 0.5) is 13.6 Å². The van der Waals surface area contributed by atoms with E-state index in [2.05, 4.69) is 21.1 Å². The van der Waals surface area contributed by atoms with Crippen LogP contribution in [0.5, 0.6) is 0 Å². The Morgan fingerprint density at radius 2 is 1.85 bits per heavy atom. The standard InChI is InChI=1S/C37H47F2N3O6/c1-25-19-28(32-10-8-7-9-27(32)15-17-40-26(2)43)11-14-31(25)33-21-42(34(44)48-35(3,4)5)18-16-37(33,45)29-12-13-30(41-20-29)22-47-24-36(38,39)23-46-6/h7-14,19-20,33,45H,15-18,21-24H2,1-6H3,(H,40,43)/t33-,37+/m1/s1. The van der Waals surface area contributed by atoms with Crippen molar-refractivity contribution >= 4 is 12.0 Å². The molecular weight excluding hydrogens is 620 g/mol. The van der Waals surface area contributed by atoms with Gasteiger partial charge in [-0.2, -0.15) is 0 Å². The number of carbonyl (C=O) groups is 2. The lowest BCUT2D eigenvalue weighted by atomic mass is 9.72. The molecule has 11 heteroatoms. The Hall–Kier alpha value is -3.93. The number of aromatic nitrogens is 1. The van der Waals surface area contributed by atoms with Crippen LogP contribution < -0.4 is 5.32 Å². The van der Waals surface area contributed by atoms with Crippen LogP contribution in [-0.4, -0.2) is 78.5 Å². The Morgan fingerprint density at radius 3 is 2.50 bits per heavy atom. The molecule has 2 heterocycles. The Labute approximate surface area is 281 Å². The van der Waals surface area contributed by atoms with E-state index in [4.69, 9.17) is 9.47 Å². The highest BCUT2D eigenvalue weighted by atomic mass is 19.3. The zero-order valence-electron chi connectivity index (χ0n) is 28.6. The number of pyridine rings is 1. The van der Waals surface area contributed by atoms with Gasteiger partial charge in [0.1, 0.15) is 24.4 Å². The van der Waals surface area contributed by atoms with E-state index in [0.29, 0.717) is 24.2 Å². The number of hydrogen-bond donors (Lipinski definition) is 2. The summed E-state index contributed by atoms with van der Waals surface area (Å²) in [7, 11) is 1.21. The van der Waals surface area contributed by atoms with Gasteiger partial charge in [0, 0.05) is 51.3 Å². The number of amides is 2. The minimum atomic E-state index is -3.11. The molecular formula is C37H47F2N3O6. The molecule has 0 spiro atoms. The maximum atomic E-state index is 13.8. The van der Waals surface area contributed by atoms with E-state index in [0.717, 1.165) is 27.8 Å². The van der Waals surface area contributed by atoms with E-state index in [1.807, 2.05) is 64.1 Å². The third-order valence-electron chi connectivity index (χ3n) is 8.38. The SMILES string of the molecule is COCC(F)(F)COCc1ccc([C@@]2(O)CCN(C(=O)OC(C)(C)C)C[C@@H]2c2ccc(-c3ccccc3CCNC(C)=O)cc2C)cn1. The maximum absolute atomic E-state index is 13.8. The van der Waals surface area contributed by atoms with Gasteiger partial charge in [-0.15, -0.1) is 0 Å². The van der Waals surface area contributed by atoms with Gasteiger partial charge >= 0.3 is 6.09 Å². The van der Waals surface area contributed by atoms with Gasteiger partial charge in [0.15, 0.2) is 0 Å². The molecule has 1 fully saturated rings. The molecule has 9 nitrogen and oxygen atoms in total. The molecule has 1 saturated heterocycles. The zero-order valence-corrected chi connectivity index (χ0v) is 28.6. The summed E-state index contributed by atoms with van der Waals surface area (Å²) in [6, 6.07) is 17.5. The smallest absolute Gasteiger partial charge is 0.410 e. The summed E-state index contributed by atoms with van der Waals surface area (Å²) < 4.78 is 42.9. The zero-order chi connectivity index (χ0) is 35.1. The quantitative estimate of drug-likeness (QED) is 0.239. The first-order valence-corrected chi connectivity index (χ1v) is 16.2. The van der Waals surface area contributed by atoms with Crippen molar-refractivity contribution in [2.75, 3.05) is 40.0 Å². The van der Waals surface area contributed by atoms with Crippen molar-refractivity contribution in [1.82, 2.24) is 15.2 Å². The number of hydrogen-bond acceptors (Lipinski definition) is 7. The van der Waals surface area contributed by atoms with Crippen LogP contribution in [0.15, 0.2) is 60.8 Å². The number of rotatable bonds is 12. The lowest BCUT2D eigenvalue weighted by Crippen LogP contribution is -2.51. The molecule has 0 bridgehead atoms. The molecule has 0 saturated carbocycles. The fourth-order valence-corrected chi connectivity index (χ4v) is 6.09. The van der Waals surface area contributed by atoms with Crippen molar-refractivity contribution < 1.29 is 37.7 Å². The number of piperidine rings is 1. The number of carbonyl (C=O) groups excluding carboxylic acids is 2. The summed E-state index contributed by atoms with van der Waals surface area (Å²) in [5.41, 5.74) is 3.88. The first kappa shape index (κ1) is 36.9. The second-order valence-corrected chi connectivity index (χ2v) is 13.4. The number of halogens is 2. The lowest BCUT2D eigenvalue weighted by molar-refractivity contribution is -0.119. The molecule has 1 aliphatic heterocycles. The van der Waals surface area contributed by atoms with Crippen molar-refractivity contribution in [3.05, 3.63) is 88.7 Å². The van der Waals surface area contributed by atoms with Gasteiger partial charge in [-0.3, -0.25) is 9.78 Å². The minimum absolute atomic E-state index is 0.0751. The predicted octanol–water partition coefficient (Wildman–Crippen LogP) is 6.15. The number of benzene rings is 2. The molecule has 3 aromatic rings. The van der Waals surface area contributed by atoms with Crippen molar-refractivity contribution in [2.24, 2.45) is 0 Å². The predicted molar refractivity (Wildman–Crippen MR) is 179 cm³/mol. The molecule has 1 aromatic heterocycles. The highest BCUT2D eigenvalue weighted by molar-refractivity contribution is 5.73. The molecule has 48 heavy (non-hydrogen) atoms. The molecule has 260 valence electrons. The number of aliphatic hydroxyl groups is 1. The molecule has 2 amide bonds. The van der Waals surface area contributed by atoms with E-state index < -0.39 is 42.3 Å². The first-order chi connectivity index (χ1) is 22.6. The van der Waals surface area contributed by atoms with Gasteiger partial charge in [-0.05, 0) is 74.4 Å². The number of nitrogens with one attached hydrogen (secondary N) is 1. The van der Waals surface area contributed by atoms with E-state index in [-0.39, 0.29) is 32.0 Å². The van der Waals surface area contributed by atoms with Crippen molar-refractivity contribution in [2.45, 2.75) is 77.1 Å². The summed E-state index contributed by atoms with van der Waals surface area (Å²) in [5, 5.41) is 15.3. The number of likely N-dealkylation sites (tertiary alicyclic amines) is 1. The molecule has 0 unspecified atom stereocenters. The van der Waals surface area contributed by atoms with Gasteiger partial charge < -0.3 is 29.5 Å². The summed E-state index contributed by atoms with van der Waals surface area (Å²) in [6.45, 7) is 8.27. The van der Waals surface area contributed by atoms with Gasteiger partial charge in [0.25, 0.3) is 5.92 Å². The molecule has 2 atom stereocenters. The summed E-state index contributed by atoms with van der Waals surface area (Å²) in [4.78, 5) is 30.7. The highest BCUT2D eigenvalue weighted by Crippen LogP contribution is 2.45. The van der Waals surface area contributed by atoms with Crippen LogP contribution in [0.2, 0.25) is 0 Å². The maximum Gasteiger partial charge on any atom is 0.410 e. The number of ether oxygens (including phenoxy) is 3. The Bertz CT molecular complexity index is 1560. The third kappa shape index (κ3) is 9.58. The molecule has 1 aliphatic rings. The summed E-state index contributed by atoms with van der Waals surface area (Å²) in [5.74, 6) is -3.71. The topological polar surface area (TPSA) is 110 Å². The van der Waals surface area contributed by atoms with Crippen LogP contribution in [0.1, 0.15) is 68.0 Å². The molecule has 0 radical (unpaired) electrons. The average Bonchev–Trinajstić information content (AvgIpc) is 3.01. The number of aryl methyl sites for hydroxylation is 1. The fraction of sp³-hybridized carbons (Fsp3) is 0.486. The second-order valence-electron chi connectivity index (χ2n) is 13.4. The number of nitrogens with zero attached hydrogens (tertiary/aromatic N) is 2. The average molecular weight is 668 g/mol. The van der Waals surface area contributed by atoms with Crippen LogP contribution in [0.3, 0.4) is 0 Å². The Balaban J connectivity index is 1.63. The van der Waals surface area contributed by atoms with Crippen LogP contribution >= 0.6 is 0 Å². The molecule has 4 rings (SSSR count). The Kier molecular flexibility index (Phi) is 11.9. The normalized spacial score (nSPS) is 18.4. The lowest BCUT2D eigenvalue weighted by Gasteiger charge is -2.45. The van der Waals surface area contributed by atoms with Gasteiger partial charge in [-0.1, -0.05) is 48.5 Å². The molecule has 0 aliphatic carbocycles. The number of methoxy groups -OCH3 is 1. The molecule has 2 aromatic carbocycles. The fourth-order valence-electron chi connectivity index (χ4n) is 6.09. The van der Waals surface area contributed by atoms with E-state index >= 15 is 0 Å². The van der Waals surface area contributed by atoms with E-state index in [1.54, 1.807) is 23.2 Å². The van der Waals surface area contributed by atoms with Crippen LogP contribution in [0, 0.1) is 6.92 Å². The van der Waals surface area contributed by atoms with Crippen molar-refractivity contribution in [1.29, 1.82) is 0 Å². The van der Waals surface area contributed by atoms with Crippen molar-refractivity contribution in [3.8, 4) is 11.1 Å². The third-order valence-corrected chi connectivity index (χ3v) is 8.38. The number of alkyl halides is 2. The highest BCUT2D eigenvalue weighted by Gasteiger charge is 2.46. The summed E-state index contributed by atoms with van der Waals surface area (Å²) >= 11 is 0. The summed E-state index contributed by atoms with van der Waals surface area (Å²) in [6.07, 6.45) is 2.00. The van der Waals surface area contributed by atoms with Gasteiger partial charge in [-0.25, -0.2) is 13.6 Å². The minimum Gasteiger partial charge on any atom is -0.444 e. The van der Waals surface area contributed by atoms with Crippen LogP contribution in [-0.2, 0) is 37.6 Å². The monoisotopic (exact) mass is 667 g/mol. The van der Waals surface area contributed by atoms with E-state index in [9.17, 15) is 23.5 Å². The van der Waals surface area contributed by atoms with Crippen molar-refractivity contribution in [3.63, 3.8) is 0 Å².